The second-order valence-corrected chi connectivity index (χ2v) is 6.10. The molecule has 0 aromatic carbocycles. The zero-order chi connectivity index (χ0) is 18.6. The maximum atomic E-state index is 14.2. The molecule has 0 spiro atoms. The number of carbonyl (C=O) groups excluding carboxylic acids is 2. The van der Waals surface area contributed by atoms with Crippen molar-refractivity contribution in [3.05, 3.63) is 18.1 Å². The summed E-state index contributed by atoms with van der Waals surface area (Å²) in [7, 11) is 0. The molecule has 9 nitrogen and oxygen atoms in total. The molecule has 0 saturated heterocycles. The van der Waals surface area contributed by atoms with E-state index >= 15 is 0 Å². The molecule has 1 aromatic heterocycles. The normalized spacial score (nSPS) is 22.8. The van der Waals surface area contributed by atoms with Crippen molar-refractivity contribution in [3.63, 3.8) is 0 Å². The molecule has 1 saturated carbocycles. The minimum Gasteiger partial charge on any atom is -0.481 e. The van der Waals surface area contributed by atoms with Crippen LogP contribution in [0.5, 0.6) is 5.88 Å². The summed E-state index contributed by atoms with van der Waals surface area (Å²) in [6.45, 7) is 1.77. The summed E-state index contributed by atoms with van der Waals surface area (Å²) in [5.41, 5.74) is 0.902. The Morgan fingerprint density at radius 1 is 1.36 bits per heavy atom. The van der Waals surface area contributed by atoms with Crippen LogP contribution in [0.2, 0.25) is 0 Å². The zero-order valence-corrected chi connectivity index (χ0v) is 13.5. The number of rotatable bonds is 4. The van der Waals surface area contributed by atoms with Crippen LogP contribution in [-0.2, 0) is 14.4 Å². The van der Waals surface area contributed by atoms with Crippen LogP contribution in [0.1, 0.15) is 32.6 Å². The number of carboxylic acids is 1. The monoisotopic (exact) mass is 354 g/mol. The highest BCUT2D eigenvalue weighted by Gasteiger charge is 2.36. The predicted octanol–water partition coefficient (Wildman–Crippen LogP) is 0.561. The van der Waals surface area contributed by atoms with Crippen molar-refractivity contribution in [3.8, 4) is 5.88 Å². The van der Waals surface area contributed by atoms with Gasteiger partial charge in [0.2, 0.25) is 0 Å². The van der Waals surface area contributed by atoms with Crippen LogP contribution >= 0.6 is 0 Å². The molecule has 2 amide bonds. The van der Waals surface area contributed by atoms with E-state index < -0.39 is 35.1 Å². The molecule has 2 rings (SSSR count). The maximum absolute atomic E-state index is 14.2. The number of nitrogens with two attached hydrogens (primary N) is 1. The number of aliphatic carboxylic acids is 1. The fourth-order valence-electron chi connectivity index (χ4n) is 2.63. The van der Waals surface area contributed by atoms with Gasteiger partial charge >= 0.3 is 17.8 Å². The van der Waals surface area contributed by atoms with Crippen LogP contribution in [-0.4, -0.2) is 33.5 Å². The largest absolute Gasteiger partial charge is 0.481 e. The number of nitrogens with one attached hydrogen (secondary N) is 2. The Morgan fingerprint density at radius 3 is 2.52 bits per heavy atom. The first-order valence-corrected chi connectivity index (χ1v) is 7.63. The topological polar surface area (TPSA) is 144 Å². The lowest BCUT2D eigenvalue weighted by Gasteiger charge is -2.36. The van der Waals surface area contributed by atoms with Crippen LogP contribution in [0.25, 0.3) is 0 Å². The first-order valence-electron chi connectivity index (χ1n) is 7.63. The van der Waals surface area contributed by atoms with Gasteiger partial charge in [-0.15, -0.1) is 0 Å². The Morgan fingerprint density at radius 2 is 2.00 bits per heavy atom. The van der Waals surface area contributed by atoms with Gasteiger partial charge in [0.1, 0.15) is 5.60 Å². The van der Waals surface area contributed by atoms with Gasteiger partial charge in [-0.25, -0.2) is 15.2 Å². The Kier molecular flexibility index (Phi) is 5.52. The van der Waals surface area contributed by atoms with Gasteiger partial charge < -0.3 is 15.2 Å². The number of ether oxygens (including phenoxy) is 1. The second-order valence-electron chi connectivity index (χ2n) is 6.10. The van der Waals surface area contributed by atoms with Crippen molar-refractivity contribution in [1.82, 2.24) is 10.4 Å². The number of carbonyl (C=O) groups is 3. The van der Waals surface area contributed by atoms with Crippen LogP contribution in [0, 0.1) is 11.7 Å². The number of anilines is 1. The van der Waals surface area contributed by atoms with Gasteiger partial charge in [-0.3, -0.25) is 19.8 Å². The number of hydrogen-bond donors (Lipinski definition) is 4. The van der Waals surface area contributed by atoms with E-state index in [-0.39, 0.29) is 11.6 Å². The van der Waals surface area contributed by atoms with Gasteiger partial charge in [0.05, 0.1) is 17.8 Å². The SMILES string of the molecule is C[C@]1(Oc2ncc(NC(=O)C(=O)NN)cc2F)CC[C@H](C(=O)O)CC1. The summed E-state index contributed by atoms with van der Waals surface area (Å²) >= 11 is 0. The van der Waals surface area contributed by atoms with Crippen LogP contribution < -0.4 is 21.3 Å². The van der Waals surface area contributed by atoms with E-state index in [0.29, 0.717) is 25.7 Å². The van der Waals surface area contributed by atoms with Crippen molar-refractivity contribution in [2.75, 3.05) is 5.32 Å². The van der Waals surface area contributed by atoms with E-state index in [0.717, 1.165) is 12.3 Å². The van der Waals surface area contributed by atoms with Crippen LogP contribution in [0.4, 0.5) is 10.1 Å². The van der Waals surface area contributed by atoms with E-state index in [1.807, 2.05) is 0 Å². The number of carboxylic acid groups (broad SMARTS) is 1. The van der Waals surface area contributed by atoms with Gasteiger partial charge in [0.25, 0.3) is 5.88 Å². The standard InChI is InChI=1S/C15H19FN4O5/c1-15(4-2-8(3-5-15)14(23)24)25-13-10(16)6-9(7-18-13)19-11(21)12(22)20-17/h6-8H,2-5,17H2,1H3,(H,19,21)(H,20,22)(H,23,24)/t8-,15-. The Bertz CT molecular complexity index is 688. The molecule has 1 aliphatic carbocycles. The van der Waals surface area contributed by atoms with Crippen molar-refractivity contribution in [2.45, 2.75) is 38.2 Å². The minimum atomic E-state index is -1.08. The molecular weight excluding hydrogens is 335 g/mol. The Balaban J connectivity index is 2.02. The Labute approximate surface area is 142 Å². The number of hydrogen-bond acceptors (Lipinski definition) is 6. The highest BCUT2D eigenvalue weighted by Crippen LogP contribution is 2.36. The summed E-state index contributed by atoms with van der Waals surface area (Å²) in [6, 6.07) is 0.969. The molecule has 1 aliphatic rings. The third-order valence-corrected chi connectivity index (χ3v) is 4.14. The Hall–Kier alpha value is -2.75. The number of hydrazine groups is 1. The quantitative estimate of drug-likeness (QED) is 0.268. The van der Waals surface area contributed by atoms with E-state index in [4.69, 9.17) is 15.7 Å². The third kappa shape index (κ3) is 4.63. The molecule has 1 aromatic rings. The molecule has 1 fully saturated rings. The molecule has 10 heteroatoms. The average molecular weight is 354 g/mol. The summed E-state index contributed by atoms with van der Waals surface area (Å²) in [5.74, 6) is 0.361. The van der Waals surface area contributed by atoms with E-state index in [2.05, 4.69) is 10.3 Å². The summed E-state index contributed by atoms with van der Waals surface area (Å²) in [5, 5.41) is 11.2. The van der Waals surface area contributed by atoms with Gasteiger partial charge in [-0.1, -0.05) is 0 Å². The van der Waals surface area contributed by atoms with Crippen molar-refractivity contribution >= 4 is 23.5 Å². The van der Waals surface area contributed by atoms with Gasteiger partial charge in [0.15, 0.2) is 5.82 Å². The predicted molar refractivity (Wildman–Crippen MR) is 83.8 cm³/mol. The molecule has 0 unspecified atom stereocenters. The maximum Gasteiger partial charge on any atom is 0.323 e. The molecule has 5 N–H and O–H groups in total. The molecule has 136 valence electrons. The summed E-state index contributed by atoms with van der Waals surface area (Å²) in [4.78, 5) is 37.2. The molecule has 0 aliphatic heterocycles. The molecule has 0 radical (unpaired) electrons. The number of amides is 2. The highest BCUT2D eigenvalue weighted by molar-refractivity contribution is 6.39. The number of nitrogens with zero attached hydrogens (tertiary/aromatic N) is 1. The second kappa shape index (κ2) is 7.43. The average Bonchev–Trinajstić information content (AvgIpc) is 2.56. The molecule has 1 heterocycles. The number of pyridine rings is 1. The van der Waals surface area contributed by atoms with Gasteiger partial charge in [-0.2, -0.15) is 0 Å². The van der Waals surface area contributed by atoms with Crippen molar-refractivity contribution in [1.29, 1.82) is 0 Å². The van der Waals surface area contributed by atoms with Gasteiger partial charge in [0, 0.05) is 6.07 Å². The molecule has 0 atom stereocenters. The van der Waals surface area contributed by atoms with E-state index in [1.165, 1.54) is 0 Å². The molecular formula is C15H19FN4O5. The van der Waals surface area contributed by atoms with Gasteiger partial charge in [-0.05, 0) is 32.6 Å². The summed E-state index contributed by atoms with van der Waals surface area (Å²) < 4.78 is 19.8. The lowest BCUT2D eigenvalue weighted by molar-refractivity contribution is -0.144. The highest BCUT2D eigenvalue weighted by atomic mass is 19.1. The smallest absolute Gasteiger partial charge is 0.323 e. The number of halogens is 1. The fourth-order valence-corrected chi connectivity index (χ4v) is 2.63. The summed E-state index contributed by atoms with van der Waals surface area (Å²) in [6.07, 6.45) is 2.94. The lowest BCUT2D eigenvalue weighted by Crippen LogP contribution is -2.39. The first-order chi connectivity index (χ1) is 11.7. The number of aromatic nitrogens is 1. The first kappa shape index (κ1) is 18.6. The minimum absolute atomic E-state index is 0.0295. The van der Waals surface area contributed by atoms with Crippen molar-refractivity contribution in [2.24, 2.45) is 11.8 Å². The van der Waals surface area contributed by atoms with Crippen LogP contribution in [0.3, 0.4) is 0 Å². The van der Waals surface area contributed by atoms with Crippen molar-refractivity contribution < 1.29 is 28.6 Å². The molecule has 25 heavy (non-hydrogen) atoms. The van der Waals surface area contributed by atoms with Crippen LogP contribution in [0.15, 0.2) is 12.3 Å². The molecule has 0 bridgehead atoms. The lowest BCUT2D eigenvalue weighted by atomic mass is 9.80. The van der Waals surface area contributed by atoms with E-state index in [1.54, 1.807) is 12.3 Å². The van der Waals surface area contributed by atoms with E-state index in [9.17, 15) is 18.8 Å². The fraction of sp³-hybridized carbons (Fsp3) is 0.467. The third-order valence-electron chi connectivity index (χ3n) is 4.14. The zero-order valence-electron chi connectivity index (χ0n) is 13.5.